The van der Waals surface area contributed by atoms with Crippen LogP contribution in [0.2, 0.25) is 0 Å². The minimum atomic E-state index is -2.60. The number of hydrogen-bond acceptors (Lipinski definition) is 3. The van der Waals surface area contributed by atoms with Crippen LogP contribution in [0, 0.1) is 0 Å². The Morgan fingerprint density at radius 1 is 0.826 bits per heavy atom. The molecule has 2 aromatic carbocycles. The summed E-state index contributed by atoms with van der Waals surface area (Å²) < 4.78 is 13.0. The van der Waals surface area contributed by atoms with E-state index in [0.717, 1.165) is 32.8 Å². The lowest BCUT2D eigenvalue weighted by molar-refractivity contribution is 0.107. The molecule has 0 saturated carbocycles. The van der Waals surface area contributed by atoms with E-state index >= 15 is 0 Å². The highest BCUT2D eigenvalue weighted by Gasteiger charge is 2.43. The Balaban J connectivity index is 1.91. The van der Waals surface area contributed by atoms with Gasteiger partial charge in [-0.15, -0.1) is 0 Å². The van der Waals surface area contributed by atoms with Crippen molar-refractivity contribution in [1.82, 2.24) is 4.90 Å². The summed E-state index contributed by atoms with van der Waals surface area (Å²) in [5.74, 6) is 0. The molecular weight excluding hydrogens is 302 g/mol. The Labute approximate surface area is 140 Å². The van der Waals surface area contributed by atoms with Crippen molar-refractivity contribution in [2.75, 3.05) is 32.8 Å². The van der Waals surface area contributed by atoms with Crippen molar-refractivity contribution in [1.29, 1.82) is 0 Å². The van der Waals surface area contributed by atoms with Crippen molar-refractivity contribution in [3.63, 3.8) is 0 Å². The number of rotatable bonds is 4. The second-order valence-corrected chi connectivity index (χ2v) is 8.85. The maximum atomic E-state index is 6.49. The quantitative estimate of drug-likeness (QED) is 0.802. The van der Waals surface area contributed by atoms with Crippen molar-refractivity contribution in [2.45, 2.75) is 13.3 Å². The normalized spacial score (nSPS) is 19.0. The second kappa shape index (κ2) is 7.88. The first-order valence-electron chi connectivity index (χ1n) is 8.46. The molecule has 1 heterocycles. The third-order valence-electron chi connectivity index (χ3n) is 4.27. The van der Waals surface area contributed by atoms with Crippen LogP contribution in [0.3, 0.4) is 0 Å². The summed E-state index contributed by atoms with van der Waals surface area (Å²) in [6.07, 6.45) is 1.17. The molecule has 0 aliphatic carbocycles. The van der Waals surface area contributed by atoms with Gasteiger partial charge in [0.25, 0.3) is 0 Å². The molecule has 0 amide bonds. The molecule has 4 heteroatoms. The third kappa shape index (κ3) is 3.72. The summed E-state index contributed by atoms with van der Waals surface area (Å²) in [6, 6.07) is 20.9. The molecular formula is C19H25NO2Si. The Morgan fingerprint density at radius 2 is 1.30 bits per heavy atom. The topological polar surface area (TPSA) is 21.7 Å². The van der Waals surface area contributed by atoms with Crippen LogP contribution < -0.4 is 10.4 Å². The fourth-order valence-corrected chi connectivity index (χ4v) is 6.25. The molecule has 0 atom stereocenters. The molecule has 0 bridgehead atoms. The fourth-order valence-electron chi connectivity index (χ4n) is 3.15. The summed E-state index contributed by atoms with van der Waals surface area (Å²) >= 11 is 0. The van der Waals surface area contributed by atoms with Gasteiger partial charge in [-0.2, -0.15) is 0 Å². The van der Waals surface area contributed by atoms with E-state index in [1.54, 1.807) is 0 Å². The van der Waals surface area contributed by atoms with Crippen LogP contribution in [0.4, 0.5) is 0 Å². The molecule has 0 unspecified atom stereocenters. The van der Waals surface area contributed by atoms with Crippen molar-refractivity contribution in [3.05, 3.63) is 60.7 Å². The third-order valence-corrected chi connectivity index (χ3v) is 7.68. The standard InChI is InChI=1S/C19H25NO2Si/c1-2-13-20-14-16-21-23(22-17-15-20,18-9-5-3-6-10-18)19-11-7-4-8-12-19/h3-12H,2,13-17H2,1H3. The maximum absolute atomic E-state index is 6.49. The predicted octanol–water partition coefficient (Wildman–Crippen LogP) is 2.00. The summed E-state index contributed by atoms with van der Waals surface area (Å²) in [6.45, 7) is 6.72. The van der Waals surface area contributed by atoms with Crippen molar-refractivity contribution in [2.24, 2.45) is 0 Å². The highest BCUT2D eigenvalue weighted by Crippen LogP contribution is 2.12. The van der Waals surface area contributed by atoms with Gasteiger partial charge >= 0.3 is 8.56 Å². The van der Waals surface area contributed by atoms with E-state index in [1.165, 1.54) is 16.8 Å². The fraction of sp³-hybridized carbons (Fsp3) is 0.368. The van der Waals surface area contributed by atoms with Gasteiger partial charge in [0, 0.05) is 26.3 Å². The van der Waals surface area contributed by atoms with Gasteiger partial charge in [-0.3, -0.25) is 4.90 Å². The van der Waals surface area contributed by atoms with Crippen LogP contribution in [-0.2, 0) is 8.85 Å². The second-order valence-electron chi connectivity index (χ2n) is 5.89. The molecule has 0 N–H and O–H groups in total. The zero-order valence-corrected chi connectivity index (χ0v) is 14.8. The van der Waals surface area contributed by atoms with Crippen LogP contribution in [0.25, 0.3) is 0 Å². The molecule has 0 aromatic heterocycles. The molecule has 1 saturated heterocycles. The lowest BCUT2D eigenvalue weighted by atomic mass is 10.4. The molecule has 122 valence electrons. The Kier molecular flexibility index (Phi) is 5.62. The zero-order valence-electron chi connectivity index (χ0n) is 13.8. The smallest absolute Gasteiger partial charge is 0.386 e. The van der Waals surface area contributed by atoms with Gasteiger partial charge in [0.1, 0.15) is 0 Å². The van der Waals surface area contributed by atoms with Gasteiger partial charge in [0.05, 0.1) is 0 Å². The van der Waals surface area contributed by atoms with Crippen LogP contribution in [0.15, 0.2) is 60.7 Å². The summed E-state index contributed by atoms with van der Waals surface area (Å²) in [7, 11) is -2.60. The number of nitrogens with zero attached hydrogens (tertiary/aromatic N) is 1. The first-order valence-corrected chi connectivity index (χ1v) is 10.3. The molecule has 3 nitrogen and oxygen atoms in total. The Bertz CT molecular complexity index is 539. The lowest BCUT2D eigenvalue weighted by Crippen LogP contribution is -2.65. The first kappa shape index (κ1) is 16.4. The largest absolute Gasteiger partial charge is 0.407 e. The molecule has 1 aliphatic heterocycles. The molecule has 1 fully saturated rings. The highest BCUT2D eigenvalue weighted by molar-refractivity contribution is 6.92. The van der Waals surface area contributed by atoms with Crippen LogP contribution in [0.1, 0.15) is 13.3 Å². The minimum Gasteiger partial charge on any atom is -0.386 e. The predicted molar refractivity (Wildman–Crippen MR) is 96.5 cm³/mol. The monoisotopic (exact) mass is 327 g/mol. The van der Waals surface area contributed by atoms with Crippen molar-refractivity contribution < 1.29 is 8.85 Å². The summed E-state index contributed by atoms with van der Waals surface area (Å²) in [5, 5.41) is 2.38. The Hall–Kier alpha value is -1.46. The van der Waals surface area contributed by atoms with E-state index in [2.05, 4.69) is 60.4 Å². The average molecular weight is 328 g/mol. The SMILES string of the molecule is CCCN1CCO[Si](c2ccccc2)(c2ccccc2)OCC1. The van der Waals surface area contributed by atoms with Gasteiger partial charge in [-0.05, 0) is 23.3 Å². The van der Waals surface area contributed by atoms with Crippen LogP contribution >= 0.6 is 0 Å². The molecule has 2 aromatic rings. The van der Waals surface area contributed by atoms with Crippen molar-refractivity contribution in [3.8, 4) is 0 Å². The average Bonchev–Trinajstić information content (AvgIpc) is 2.59. The zero-order chi connectivity index (χ0) is 16.0. The van der Waals surface area contributed by atoms with Gasteiger partial charge in [-0.1, -0.05) is 67.6 Å². The van der Waals surface area contributed by atoms with E-state index in [0.29, 0.717) is 0 Å². The molecule has 0 spiro atoms. The van der Waals surface area contributed by atoms with Gasteiger partial charge in [0.2, 0.25) is 0 Å². The summed E-state index contributed by atoms with van der Waals surface area (Å²) in [5.41, 5.74) is 0. The summed E-state index contributed by atoms with van der Waals surface area (Å²) in [4.78, 5) is 2.42. The van der Waals surface area contributed by atoms with E-state index in [9.17, 15) is 0 Å². The van der Waals surface area contributed by atoms with E-state index in [4.69, 9.17) is 8.85 Å². The van der Waals surface area contributed by atoms with Gasteiger partial charge < -0.3 is 8.85 Å². The molecule has 0 radical (unpaired) electrons. The number of hydrogen-bond donors (Lipinski definition) is 0. The van der Waals surface area contributed by atoms with Gasteiger partial charge in [-0.25, -0.2) is 0 Å². The molecule has 23 heavy (non-hydrogen) atoms. The Morgan fingerprint density at radius 3 is 1.74 bits per heavy atom. The van der Waals surface area contributed by atoms with E-state index < -0.39 is 8.56 Å². The number of benzene rings is 2. The van der Waals surface area contributed by atoms with Gasteiger partial charge in [0.15, 0.2) is 0 Å². The van der Waals surface area contributed by atoms with Crippen LogP contribution in [0.5, 0.6) is 0 Å². The highest BCUT2D eigenvalue weighted by atomic mass is 28.4. The first-order chi connectivity index (χ1) is 11.3. The lowest BCUT2D eigenvalue weighted by Gasteiger charge is -2.36. The maximum Gasteiger partial charge on any atom is 0.407 e. The molecule has 1 aliphatic rings. The molecule has 3 rings (SSSR count). The van der Waals surface area contributed by atoms with E-state index in [1.807, 2.05) is 12.1 Å². The van der Waals surface area contributed by atoms with Crippen LogP contribution in [-0.4, -0.2) is 46.3 Å². The minimum absolute atomic E-state index is 0.718. The van der Waals surface area contributed by atoms with E-state index in [-0.39, 0.29) is 0 Å². The van der Waals surface area contributed by atoms with Crippen molar-refractivity contribution >= 4 is 18.9 Å².